The first-order valence-electron chi connectivity index (χ1n) is 9.19. The molecule has 0 aliphatic carbocycles. The van der Waals surface area contributed by atoms with Gasteiger partial charge in [0.1, 0.15) is 17.7 Å². The molecule has 6 heteroatoms. The summed E-state index contributed by atoms with van der Waals surface area (Å²) in [4.78, 5) is 18.5. The van der Waals surface area contributed by atoms with E-state index >= 15 is 0 Å². The summed E-state index contributed by atoms with van der Waals surface area (Å²) in [6.07, 6.45) is 6.51. The van der Waals surface area contributed by atoms with Gasteiger partial charge in [0.2, 0.25) is 5.91 Å². The molecule has 3 atom stereocenters. The SMILES string of the molecule is CC(CCc1ccccc1F)N[C@@H]1CCC(=O)N(C)[C@H]1c1nccn1C. The van der Waals surface area contributed by atoms with Crippen molar-refractivity contribution in [3.8, 4) is 0 Å². The number of likely N-dealkylation sites (N-methyl/N-ethyl adjacent to an activating group) is 1. The van der Waals surface area contributed by atoms with Gasteiger partial charge in [-0.1, -0.05) is 18.2 Å². The van der Waals surface area contributed by atoms with Crippen LogP contribution >= 0.6 is 0 Å². The first-order valence-corrected chi connectivity index (χ1v) is 9.19. The van der Waals surface area contributed by atoms with E-state index < -0.39 is 0 Å². The molecule has 26 heavy (non-hydrogen) atoms. The van der Waals surface area contributed by atoms with Gasteiger partial charge < -0.3 is 14.8 Å². The number of piperidine rings is 1. The molecule has 2 heterocycles. The first kappa shape index (κ1) is 18.6. The Bertz CT molecular complexity index is 760. The maximum atomic E-state index is 13.8. The quantitative estimate of drug-likeness (QED) is 0.864. The number of aromatic nitrogens is 2. The van der Waals surface area contributed by atoms with E-state index in [9.17, 15) is 9.18 Å². The predicted octanol–water partition coefficient (Wildman–Crippen LogP) is 2.83. The van der Waals surface area contributed by atoms with Crippen LogP contribution in [-0.4, -0.2) is 39.5 Å². The Labute approximate surface area is 154 Å². The Morgan fingerprint density at radius 3 is 2.81 bits per heavy atom. The van der Waals surface area contributed by atoms with Crippen LogP contribution in [0.2, 0.25) is 0 Å². The molecule has 0 saturated carbocycles. The number of amides is 1. The fourth-order valence-electron chi connectivity index (χ4n) is 3.75. The predicted molar refractivity (Wildman–Crippen MR) is 99.1 cm³/mol. The Morgan fingerprint density at radius 1 is 1.35 bits per heavy atom. The highest BCUT2D eigenvalue weighted by Crippen LogP contribution is 2.30. The van der Waals surface area contributed by atoms with Crippen LogP contribution < -0.4 is 5.32 Å². The standard InChI is InChI=1S/C20H27FN4O/c1-14(8-9-15-6-4-5-7-16(15)21)23-17-10-11-18(26)25(3)19(17)20-22-12-13-24(20)2/h4-7,12-14,17,19,23H,8-11H2,1-3H3/t14?,17-,19-/m1/s1. The smallest absolute Gasteiger partial charge is 0.223 e. The number of benzene rings is 1. The third-order valence-corrected chi connectivity index (χ3v) is 5.29. The molecular formula is C20H27FN4O. The molecule has 1 aromatic carbocycles. The van der Waals surface area contributed by atoms with Crippen LogP contribution in [0, 0.1) is 5.82 Å². The zero-order chi connectivity index (χ0) is 18.7. The van der Waals surface area contributed by atoms with E-state index in [1.54, 1.807) is 17.2 Å². The number of aryl methyl sites for hydroxylation is 2. The first-order chi connectivity index (χ1) is 12.5. The summed E-state index contributed by atoms with van der Waals surface area (Å²) in [6, 6.07) is 7.19. The summed E-state index contributed by atoms with van der Waals surface area (Å²) in [7, 11) is 3.80. The lowest BCUT2D eigenvalue weighted by Crippen LogP contribution is -2.52. The zero-order valence-electron chi connectivity index (χ0n) is 15.7. The van der Waals surface area contributed by atoms with Gasteiger partial charge in [-0.3, -0.25) is 4.79 Å². The number of nitrogens with zero attached hydrogens (tertiary/aromatic N) is 3. The van der Waals surface area contributed by atoms with Crippen LogP contribution in [-0.2, 0) is 18.3 Å². The monoisotopic (exact) mass is 358 g/mol. The highest BCUT2D eigenvalue weighted by Gasteiger charge is 2.37. The van der Waals surface area contributed by atoms with Crippen molar-refractivity contribution in [2.75, 3.05) is 7.05 Å². The van der Waals surface area contributed by atoms with Gasteiger partial charge in [-0.05, 0) is 37.8 Å². The van der Waals surface area contributed by atoms with Gasteiger partial charge in [0, 0.05) is 45.0 Å². The molecule has 1 aromatic heterocycles. The number of rotatable bonds is 6. The van der Waals surface area contributed by atoms with Crippen molar-refractivity contribution in [3.05, 3.63) is 53.9 Å². The van der Waals surface area contributed by atoms with Gasteiger partial charge in [0.15, 0.2) is 0 Å². The number of carbonyl (C=O) groups is 1. The molecule has 1 unspecified atom stereocenters. The van der Waals surface area contributed by atoms with Crippen molar-refractivity contribution in [1.82, 2.24) is 19.8 Å². The normalized spacial score (nSPS) is 21.8. The number of carbonyl (C=O) groups excluding carboxylic acids is 1. The third-order valence-electron chi connectivity index (χ3n) is 5.29. The molecular weight excluding hydrogens is 331 g/mol. The van der Waals surface area contributed by atoms with Crippen LogP contribution in [0.5, 0.6) is 0 Å². The average Bonchev–Trinajstić information content (AvgIpc) is 3.03. The maximum absolute atomic E-state index is 13.8. The summed E-state index contributed by atoms with van der Waals surface area (Å²) in [5, 5.41) is 3.66. The third kappa shape index (κ3) is 3.96. The minimum Gasteiger partial charge on any atom is -0.336 e. The average molecular weight is 358 g/mol. The molecule has 1 amide bonds. The fraction of sp³-hybridized carbons (Fsp3) is 0.500. The summed E-state index contributed by atoms with van der Waals surface area (Å²) < 4.78 is 15.8. The fourth-order valence-corrected chi connectivity index (χ4v) is 3.75. The number of hydrogen-bond donors (Lipinski definition) is 1. The molecule has 0 radical (unpaired) electrons. The van der Waals surface area contributed by atoms with Gasteiger partial charge in [0.05, 0.1) is 0 Å². The van der Waals surface area contributed by atoms with Crippen LogP contribution in [0.4, 0.5) is 4.39 Å². The lowest BCUT2D eigenvalue weighted by molar-refractivity contribution is -0.136. The molecule has 140 valence electrons. The van der Waals surface area contributed by atoms with E-state index in [-0.39, 0.29) is 29.8 Å². The lowest BCUT2D eigenvalue weighted by atomic mass is 9.93. The zero-order valence-corrected chi connectivity index (χ0v) is 15.7. The van der Waals surface area contributed by atoms with Crippen LogP contribution in [0.25, 0.3) is 0 Å². The molecule has 1 saturated heterocycles. The van der Waals surface area contributed by atoms with Crippen LogP contribution in [0.15, 0.2) is 36.7 Å². The van der Waals surface area contributed by atoms with Crippen molar-refractivity contribution < 1.29 is 9.18 Å². The second-order valence-electron chi connectivity index (χ2n) is 7.19. The largest absolute Gasteiger partial charge is 0.336 e. The Hall–Kier alpha value is -2.21. The Morgan fingerprint density at radius 2 is 2.12 bits per heavy atom. The van der Waals surface area contributed by atoms with E-state index in [0.29, 0.717) is 12.8 Å². The van der Waals surface area contributed by atoms with Crippen LogP contribution in [0.3, 0.4) is 0 Å². The molecule has 0 bridgehead atoms. The minimum absolute atomic E-state index is 0.0906. The molecule has 2 aromatic rings. The lowest BCUT2D eigenvalue weighted by Gasteiger charge is -2.40. The van der Waals surface area contributed by atoms with Gasteiger partial charge in [-0.25, -0.2) is 9.37 Å². The minimum atomic E-state index is -0.145. The van der Waals surface area contributed by atoms with Gasteiger partial charge >= 0.3 is 0 Å². The van der Waals surface area contributed by atoms with E-state index in [1.165, 1.54) is 6.07 Å². The second-order valence-corrected chi connectivity index (χ2v) is 7.19. The van der Waals surface area contributed by atoms with E-state index in [0.717, 1.165) is 24.2 Å². The van der Waals surface area contributed by atoms with Gasteiger partial charge in [0.25, 0.3) is 0 Å². The molecule has 1 aliphatic rings. The van der Waals surface area contributed by atoms with E-state index in [2.05, 4.69) is 17.2 Å². The second kappa shape index (κ2) is 7.99. The van der Waals surface area contributed by atoms with Crippen molar-refractivity contribution in [3.63, 3.8) is 0 Å². The summed E-state index contributed by atoms with van der Waals surface area (Å²) in [5.41, 5.74) is 0.748. The number of halogens is 1. The molecule has 5 nitrogen and oxygen atoms in total. The number of hydrogen-bond acceptors (Lipinski definition) is 3. The summed E-state index contributed by atoms with van der Waals surface area (Å²) in [5.74, 6) is 0.892. The molecule has 0 spiro atoms. The molecule has 3 rings (SSSR count). The molecule has 1 fully saturated rings. The van der Waals surface area contributed by atoms with Crippen molar-refractivity contribution >= 4 is 5.91 Å². The Kier molecular flexibility index (Phi) is 5.71. The van der Waals surface area contributed by atoms with Crippen molar-refractivity contribution in [1.29, 1.82) is 0 Å². The van der Waals surface area contributed by atoms with E-state index in [1.807, 2.05) is 37.0 Å². The van der Waals surface area contributed by atoms with Gasteiger partial charge in [-0.15, -0.1) is 0 Å². The maximum Gasteiger partial charge on any atom is 0.223 e. The summed E-state index contributed by atoms with van der Waals surface area (Å²) >= 11 is 0. The molecule has 1 aliphatic heterocycles. The Balaban J connectivity index is 1.67. The highest BCUT2D eigenvalue weighted by molar-refractivity contribution is 5.77. The number of likely N-dealkylation sites (tertiary alicyclic amines) is 1. The number of nitrogens with one attached hydrogen (secondary N) is 1. The molecule has 1 N–H and O–H groups in total. The van der Waals surface area contributed by atoms with Crippen molar-refractivity contribution in [2.24, 2.45) is 7.05 Å². The number of imidazole rings is 1. The van der Waals surface area contributed by atoms with Crippen molar-refractivity contribution in [2.45, 2.75) is 50.7 Å². The van der Waals surface area contributed by atoms with Crippen LogP contribution in [0.1, 0.15) is 43.6 Å². The van der Waals surface area contributed by atoms with E-state index in [4.69, 9.17) is 0 Å². The summed E-state index contributed by atoms with van der Waals surface area (Å²) in [6.45, 7) is 2.12. The van der Waals surface area contributed by atoms with Gasteiger partial charge in [-0.2, -0.15) is 0 Å². The highest BCUT2D eigenvalue weighted by atomic mass is 19.1. The topological polar surface area (TPSA) is 50.2 Å².